The average molecular weight is 354 g/mol. The third-order valence-corrected chi connectivity index (χ3v) is 5.61. The van der Waals surface area contributed by atoms with Crippen LogP contribution in [0.2, 0.25) is 0 Å². The molecular formula is C21H26N2O3. The van der Waals surface area contributed by atoms with Gasteiger partial charge < -0.3 is 19.8 Å². The first-order chi connectivity index (χ1) is 12.6. The van der Waals surface area contributed by atoms with Crippen molar-refractivity contribution in [2.45, 2.75) is 32.3 Å². The Kier molecular flexibility index (Phi) is 4.83. The molecule has 4 rings (SSSR count). The Morgan fingerprint density at radius 2 is 1.96 bits per heavy atom. The van der Waals surface area contributed by atoms with E-state index in [1.165, 1.54) is 12.8 Å². The van der Waals surface area contributed by atoms with Gasteiger partial charge in [0.1, 0.15) is 11.5 Å². The van der Waals surface area contributed by atoms with Crippen LogP contribution < -0.4 is 10.6 Å². The number of piperidine rings is 1. The van der Waals surface area contributed by atoms with Gasteiger partial charge in [-0.25, -0.2) is 0 Å². The lowest BCUT2D eigenvalue weighted by molar-refractivity contribution is 0.0781. The van der Waals surface area contributed by atoms with Gasteiger partial charge in [0.2, 0.25) is 0 Å². The van der Waals surface area contributed by atoms with Crippen molar-refractivity contribution >= 4 is 5.91 Å². The van der Waals surface area contributed by atoms with Gasteiger partial charge in [-0.1, -0.05) is 12.1 Å². The predicted octanol–water partition coefficient (Wildman–Crippen LogP) is 3.14. The summed E-state index contributed by atoms with van der Waals surface area (Å²) in [6.45, 7) is 5.47. The second kappa shape index (κ2) is 7.25. The zero-order valence-electron chi connectivity index (χ0n) is 15.2. The lowest BCUT2D eigenvalue weighted by atomic mass is 9.77. The fraction of sp³-hybridized carbons (Fsp3) is 0.476. The van der Waals surface area contributed by atoms with E-state index < -0.39 is 0 Å². The minimum Gasteiger partial charge on any atom is -0.461 e. The Morgan fingerprint density at radius 1 is 1.19 bits per heavy atom. The lowest BCUT2D eigenvalue weighted by Gasteiger charge is -2.32. The van der Waals surface area contributed by atoms with Gasteiger partial charge in [0, 0.05) is 17.7 Å². The van der Waals surface area contributed by atoms with Crippen molar-refractivity contribution in [3.8, 4) is 11.3 Å². The van der Waals surface area contributed by atoms with E-state index in [0.717, 1.165) is 43.2 Å². The number of furan rings is 1. The quantitative estimate of drug-likeness (QED) is 0.885. The SMILES string of the molecule is Cc1ccc(-c2ccc(C(=O)NCC3CC4(CCNCC4)CO3)cc2)o1. The number of benzene rings is 1. The van der Waals surface area contributed by atoms with Crippen LogP contribution in [0.5, 0.6) is 0 Å². The Balaban J connectivity index is 1.31. The minimum atomic E-state index is -0.0537. The van der Waals surface area contributed by atoms with Crippen molar-refractivity contribution < 1.29 is 13.9 Å². The molecule has 0 radical (unpaired) electrons. The van der Waals surface area contributed by atoms with Crippen LogP contribution >= 0.6 is 0 Å². The molecular weight excluding hydrogens is 328 g/mol. The van der Waals surface area contributed by atoms with Crippen molar-refractivity contribution in [3.05, 3.63) is 47.7 Å². The molecule has 0 aliphatic carbocycles. The molecule has 138 valence electrons. The summed E-state index contributed by atoms with van der Waals surface area (Å²) in [6.07, 6.45) is 3.52. The van der Waals surface area contributed by atoms with Crippen LogP contribution in [0.4, 0.5) is 0 Å². The van der Waals surface area contributed by atoms with Crippen molar-refractivity contribution in [3.63, 3.8) is 0 Å². The van der Waals surface area contributed by atoms with E-state index >= 15 is 0 Å². The number of amides is 1. The zero-order valence-corrected chi connectivity index (χ0v) is 15.2. The fourth-order valence-corrected chi connectivity index (χ4v) is 4.02. The van der Waals surface area contributed by atoms with E-state index in [9.17, 15) is 4.79 Å². The van der Waals surface area contributed by atoms with Crippen LogP contribution in [-0.4, -0.2) is 38.3 Å². The summed E-state index contributed by atoms with van der Waals surface area (Å²) >= 11 is 0. The van der Waals surface area contributed by atoms with Gasteiger partial charge >= 0.3 is 0 Å². The predicted molar refractivity (Wildman–Crippen MR) is 100 cm³/mol. The van der Waals surface area contributed by atoms with Crippen LogP contribution in [0, 0.1) is 12.3 Å². The topological polar surface area (TPSA) is 63.5 Å². The van der Waals surface area contributed by atoms with Gasteiger partial charge in [-0.2, -0.15) is 0 Å². The summed E-state index contributed by atoms with van der Waals surface area (Å²) in [4.78, 5) is 12.4. The molecule has 1 amide bonds. The maximum Gasteiger partial charge on any atom is 0.251 e. The summed E-state index contributed by atoms with van der Waals surface area (Å²) in [6, 6.07) is 11.4. The number of hydrogen-bond acceptors (Lipinski definition) is 4. The molecule has 1 aromatic carbocycles. The van der Waals surface area contributed by atoms with Crippen LogP contribution in [0.25, 0.3) is 11.3 Å². The largest absolute Gasteiger partial charge is 0.461 e. The standard InChI is InChI=1S/C21H26N2O3/c1-15-2-7-19(26-15)16-3-5-17(6-4-16)20(24)23-13-18-12-21(14-25-18)8-10-22-11-9-21/h2-7,18,22H,8-14H2,1H3,(H,23,24). The average Bonchev–Trinajstić information content (AvgIpc) is 3.27. The van der Waals surface area contributed by atoms with Gasteiger partial charge in [-0.05, 0) is 69.0 Å². The molecule has 2 fully saturated rings. The number of nitrogens with one attached hydrogen (secondary N) is 2. The highest BCUT2D eigenvalue weighted by Crippen LogP contribution is 2.40. The van der Waals surface area contributed by atoms with Gasteiger partial charge in [0.05, 0.1) is 12.7 Å². The maximum absolute atomic E-state index is 12.4. The van der Waals surface area contributed by atoms with Crippen molar-refractivity contribution in [1.82, 2.24) is 10.6 Å². The summed E-state index contributed by atoms with van der Waals surface area (Å²) in [5.74, 6) is 1.65. The number of aryl methyl sites for hydroxylation is 1. The Hall–Kier alpha value is -2.11. The van der Waals surface area contributed by atoms with Crippen molar-refractivity contribution in [1.29, 1.82) is 0 Å². The summed E-state index contributed by atoms with van der Waals surface area (Å²) in [5.41, 5.74) is 1.96. The molecule has 5 nitrogen and oxygen atoms in total. The molecule has 26 heavy (non-hydrogen) atoms. The second-order valence-electron chi connectivity index (χ2n) is 7.58. The number of ether oxygens (including phenoxy) is 1. The highest BCUT2D eigenvalue weighted by Gasteiger charge is 2.40. The zero-order chi connectivity index (χ0) is 18.0. The molecule has 2 N–H and O–H groups in total. The normalized spacial score (nSPS) is 21.8. The Labute approximate surface area is 154 Å². The molecule has 2 aliphatic heterocycles. The van der Waals surface area contributed by atoms with E-state index in [-0.39, 0.29) is 12.0 Å². The van der Waals surface area contributed by atoms with E-state index in [2.05, 4.69) is 10.6 Å². The molecule has 0 bridgehead atoms. The number of carbonyl (C=O) groups excluding carboxylic acids is 1. The minimum absolute atomic E-state index is 0.0537. The molecule has 3 heterocycles. The molecule has 1 atom stereocenters. The third-order valence-electron chi connectivity index (χ3n) is 5.61. The number of carbonyl (C=O) groups is 1. The van der Waals surface area contributed by atoms with Crippen LogP contribution in [0.15, 0.2) is 40.8 Å². The van der Waals surface area contributed by atoms with Crippen molar-refractivity contribution in [2.24, 2.45) is 5.41 Å². The second-order valence-corrected chi connectivity index (χ2v) is 7.58. The number of hydrogen-bond donors (Lipinski definition) is 2. The van der Waals surface area contributed by atoms with Crippen LogP contribution in [-0.2, 0) is 4.74 Å². The first-order valence-corrected chi connectivity index (χ1v) is 9.41. The molecule has 2 saturated heterocycles. The van der Waals surface area contributed by atoms with Crippen LogP contribution in [0.1, 0.15) is 35.4 Å². The third kappa shape index (κ3) is 3.69. The van der Waals surface area contributed by atoms with E-state index in [1.807, 2.05) is 43.3 Å². The first-order valence-electron chi connectivity index (χ1n) is 9.41. The van der Waals surface area contributed by atoms with Gasteiger partial charge in [-0.15, -0.1) is 0 Å². The smallest absolute Gasteiger partial charge is 0.251 e. The lowest BCUT2D eigenvalue weighted by Crippen LogP contribution is -2.38. The van der Waals surface area contributed by atoms with E-state index in [4.69, 9.17) is 9.15 Å². The van der Waals surface area contributed by atoms with Crippen molar-refractivity contribution in [2.75, 3.05) is 26.2 Å². The highest BCUT2D eigenvalue weighted by atomic mass is 16.5. The van der Waals surface area contributed by atoms with Gasteiger partial charge in [0.15, 0.2) is 0 Å². The van der Waals surface area contributed by atoms with Gasteiger partial charge in [-0.3, -0.25) is 4.79 Å². The summed E-state index contributed by atoms with van der Waals surface area (Å²) in [7, 11) is 0. The molecule has 1 spiro atoms. The maximum atomic E-state index is 12.4. The molecule has 1 unspecified atom stereocenters. The first kappa shape index (κ1) is 17.3. The molecule has 1 aromatic heterocycles. The Morgan fingerprint density at radius 3 is 2.65 bits per heavy atom. The highest BCUT2D eigenvalue weighted by molar-refractivity contribution is 5.94. The molecule has 2 aromatic rings. The molecule has 2 aliphatic rings. The monoisotopic (exact) mass is 354 g/mol. The summed E-state index contributed by atoms with van der Waals surface area (Å²) < 4.78 is 11.6. The molecule has 0 saturated carbocycles. The number of rotatable bonds is 4. The van der Waals surface area contributed by atoms with E-state index in [1.54, 1.807) is 0 Å². The summed E-state index contributed by atoms with van der Waals surface area (Å²) in [5, 5.41) is 6.43. The van der Waals surface area contributed by atoms with E-state index in [0.29, 0.717) is 17.5 Å². The molecule has 5 heteroatoms. The fourth-order valence-electron chi connectivity index (χ4n) is 4.02. The Bertz CT molecular complexity index is 760. The van der Waals surface area contributed by atoms with Crippen LogP contribution in [0.3, 0.4) is 0 Å². The van der Waals surface area contributed by atoms with Gasteiger partial charge in [0.25, 0.3) is 5.91 Å².